The number of carbonyl (C=O) groups is 3. The molecule has 0 aromatic carbocycles. The van der Waals surface area contributed by atoms with Crippen molar-refractivity contribution in [2.24, 2.45) is 0 Å². The van der Waals surface area contributed by atoms with Crippen LogP contribution in [0.3, 0.4) is 0 Å². The number of hydrogen-bond acceptors (Lipinski definition) is 5. The van der Waals surface area contributed by atoms with Gasteiger partial charge in [0.25, 0.3) is 5.91 Å². The van der Waals surface area contributed by atoms with Crippen LogP contribution in [0.4, 0.5) is 0 Å². The maximum atomic E-state index is 12.2. The van der Waals surface area contributed by atoms with Gasteiger partial charge in [0.2, 0.25) is 0 Å². The molecule has 6 heteroatoms. The van der Waals surface area contributed by atoms with Gasteiger partial charge in [-0.3, -0.25) is 14.4 Å². The van der Waals surface area contributed by atoms with Crippen molar-refractivity contribution in [3.8, 4) is 0 Å². The maximum Gasteiger partial charge on any atom is 0.307 e. The first-order valence-corrected chi connectivity index (χ1v) is 9.87. The van der Waals surface area contributed by atoms with E-state index in [1.807, 2.05) is 13.0 Å². The van der Waals surface area contributed by atoms with Gasteiger partial charge in [-0.05, 0) is 38.8 Å². The van der Waals surface area contributed by atoms with Crippen molar-refractivity contribution in [2.45, 2.75) is 77.4 Å². The van der Waals surface area contributed by atoms with Gasteiger partial charge in [-0.15, -0.1) is 11.3 Å². The molecule has 1 fully saturated rings. The predicted molar refractivity (Wildman–Crippen MR) is 97.8 cm³/mol. The average molecular weight is 365 g/mol. The number of ether oxygens (including phenoxy) is 1. The monoisotopic (exact) mass is 365 g/mol. The minimum Gasteiger partial charge on any atom is -0.453 e. The fraction of sp³-hybridized carbons (Fsp3) is 0.632. The van der Waals surface area contributed by atoms with Crippen LogP contribution in [0.1, 0.15) is 72.8 Å². The highest BCUT2D eigenvalue weighted by Crippen LogP contribution is 2.18. The first-order valence-electron chi connectivity index (χ1n) is 9.05. The molecule has 1 amide bonds. The second-order valence-corrected chi connectivity index (χ2v) is 7.95. The highest BCUT2D eigenvalue weighted by atomic mass is 32.1. The minimum absolute atomic E-state index is 0.00315. The Kier molecular flexibility index (Phi) is 7.62. The van der Waals surface area contributed by atoms with E-state index >= 15 is 0 Å². The van der Waals surface area contributed by atoms with E-state index in [9.17, 15) is 14.4 Å². The first-order chi connectivity index (χ1) is 12.0. The van der Waals surface area contributed by atoms with Crippen molar-refractivity contribution in [3.63, 3.8) is 0 Å². The zero-order valence-corrected chi connectivity index (χ0v) is 15.8. The third-order valence-corrected chi connectivity index (χ3v) is 5.49. The molecule has 1 N–H and O–H groups in total. The lowest BCUT2D eigenvalue weighted by Crippen LogP contribution is -2.41. The lowest BCUT2D eigenvalue weighted by molar-refractivity contribution is -0.155. The number of esters is 1. The van der Waals surface area contributed by atoms with Crippen LogP contribution in [0.5, 0.6) is 0 Å². The molecule has 0 spiro atoms. The summed E-state index contributed by atoms with van der Waals surface area (Å²) >= 11 is 1.42. The summed E-state index contributed by atoms with van der Waals surface area (Å²) in [5.74, 6) is -0.823. The average Bonchev–Trinajstić information content (AvgIpc) is 2.85. The van der Waals surface area contributed by atoms with E-state index < -0.39 is 12.1 Å². The van der Waals surface area contributed by atoms with E-state index in [1.165, 1.54) is 24.2 Å². The highest BCUT2D eigenvalue weighted by molar-refractivity contribution is 7.14. The SMILES string of the molecule is Cc1ccc(C(=O)CCC(=O)O[C@H](C)C(=O)NC2CCCCCC2)s1. The minimum atomic E-state index is -0.824. The molecule has 0 bridgehead atoms. The molecule has 0 unspecified atom stereocenters. The molecule has 1 saturated carbocycles. The van der Waals surface area contributed by atoms with Crippen molar-refractivity contribution in [3.05, 3.63) is 21.9 Å². The van der Waals surface area contributed by atoms with Gasteiger partial charge in [0.15, 0.2) is 11.9 Å². The Morgan fingerprint density at radius 3 is 2.44 bits per heavy atom. The van der Waals surface area contributed by atoms with Gasteiger partial charge in [-0.2, -0.15) is 0 Å². The molecule has 1 heterocycles. The number of aryl methyl sites for hydroxylation is 1. The predicted octanol–water partition coefficient (Wildman–Crippen LogP) is 3.79. The number of nitrogens with one attached hydrogen (secondary N) is 1. The summed E-state index contributed by atoms with van der Waals surface area (Å²) in [6.45, 7) is 3.51. The van der Waals surface area contributed by atoms with Crippen LogP contribution in [0, 0.1) is 6.92 Å². The lowest BCUT2D eigenvalue weighted by atomic mass is 10.1. The van der Waals surface area contributed by atoms with Crippen molar-refractivity contribution in [1.82, 2.24) is 5.32 Å². The van der Waals surface area contributed by atoms with Crippen molar-refractivity contribution >= 4 is 29.0 Å². The third kappa shape index (κ3) is 6.61. The molecule has 5 nitrogen and oxygen atoms in total. The van der Waals surface area contributed by atoms with Gasteiger partial charge in [0.05, 0.1) is 11.3 Å². The zero-order chi connectivity index (χ0) is 18.2. The van der Waals surface area contributed by atoms with Crippen molar-refractivity contribution in [2.75, 3.05) is 0 Å². The Morgan fingerprint density at radius 2 is 1.84 bits per heavy atom. The van der Waals surface area contributed by atoms with Gasteiger partial charge in [0.1, 0.15) is 0 Å². The fourth-order valence-electron chi connectivity index (χ4n) is 2.98. The fourth-order valence-corrected chi connectivity index (χ4v) is 3.81. The number of ketones is 1. The van der Waals surface area contributed by atoms with E-state index in [1.54, 1.807) is 13.0 Å². The number of Topliss-reactive ketones (excluding diaryl/α,β-unsaturated/α-hetero) is 1. The largest absolute Gasteiger partial charge is 0.453 e. The Bertz CT molecular complexity index is 602. The van der Waals surface area contributed by atoms with Crippen LogP contribution in [0.25, 0.3) is 0 Å². The summed E-state index contributed by atoms with van der Waals surface area (Å²) in [5, 5.41) is 2.98. The molecule has 1 aliphatic carbocycles. The molecular weight excluding hydrogens is 338 g/mol. The second-order valence-electron chi connectivity index (χ2n) is 6.66. The summed E-state index contributed by atoms with van der Waals surface area (Å²) in [6.07, 6.45) is 5.94. The van der Waals surface area contributed by atoms with Gasteiger partial charge in [-0.1, -0.05) is 25.7 Å². The smallest absolute Gasteiger partial charge is 0.307 e. The molecule has 1 aromatic rings. The van der Waals surface area contributed by atoms with E-state index in [0.717, 1.165) is 30.6 Å². The van der Waals surface area contributed by atoms with Gasteiger partial charge in [-0.25, -0.2) is 0 Å². The van der Waals surface area contributed by atoms with E-state index in [4.69, 9.17) is 4.74 Å². The standard InChI is InChI=1S/C19H27NO4S/c1-13-9-11-17(25-13)16(21)10-12-18(22)24-14(2)19(23)20-15-7-5-3-4-6-8-15/h9,11,14-15H,3-8,10,12H2,1-2H3,(H,20,23)/t14-/m1/s1. The summed E-state index contributed by atoms with van der Waals surface area (Å²) < 4.78 is 5.18. The van der Waals surface area contributed by atoms with Crippen LogP contribution in [0.15, 0.2) is 12.1 Å². The third-order valence-electron chi connectivity index (χ3n) is 4.45. The van der Waals surface area contributed by atoms with Crippen LogP contribution in [0.2, 0.25) is 0 Å². The first kappa shape index (κ1) is 19.6. The quantitative estimate of drug-likeness (QED) is 0.453. The Hall–Kier alpha value is -1.69. The summed E-state index contributed by atoms with van der Waals surface area (Å²) in [6, 6.07) is 3.84. The van der Waals surface area contributed by atoms with E-state index in [0.29, 0.717) is 4.88 Å². The molecule has 138 valence electrons. The van der Waals surface area contributed by atoms with Crippen molar-refractivity contribution < 1.29 is 19.1 Å². The van der Waals surface area contributed by atoms with Crippen LogP contribution in [-0.4, -0.2) is 29.8 Å². The molecule has 0 saturated heterocycles. The van der Waals surface area contributed by atoms with Gasteiger partial charge < -0.3 is 10.1 Å². The molecule has 1 atom stereocenters. The molecule has 0 aliphatic heterocycles. The van der Waals surface area contributed by atoms with Crippen molar-refractivity contribution in [1.29, 1.82) is 0 Å². The Morgan fingerprint density at radius 1 is 1.16 bits per heavy atom. The van der Waals surface area contributed by atoms with E-state index in [2.05, 4.69) is 5.32 Å². The van der Waals surface area contributed by atoms with Crippen LogP contribution >= 0.6 is 11.3 Å². The second kappa shape index (κ2) is 9.70. The Balaban J connectivity index is 1.71. The summed E-state index contributed by atoms with van der Waals surface area (Å²) in [4.78, 5) is 37.8. The number of carbonyl (C=O) groups excluding carboxylic acids is 3. The van der Waals surface area contributed by atoms with Crippen LogP contribution in [-0.2, 0) is 14.3 Å². The zero-order valence-electron chi connectivity index (χ0n) is 15.0. The van der Waals surface area contributed by atoms with E-state index in [-0.39, 0.29) is 30.6 Å². The molecule has 0 radical (unpaired) electrons. The topological polar surface area (TPSA) is 72.5 Å². The molecule has 25 heavy (non-hydrogen) atoms. The Labute approximate surface area is 153 Å². The lowest BCUT2D eigenvalue weighted by Gasteiger charge is -2.19. The van der Waals surface area contributed by atoms with Gasteiger partial charge in [0, 0.05) is 17.3 Å². The number of amides is 1. The number of rotatable bonds is 7. The highest BCUT2D eigenvalue weighted by Gasteiger charge is 2.22. The normalized spacial score (nSPS) is 16.7. The molecule has 1 aliphatic rings. The number of hydrogen-bond donors (Lipinski definition) is 1. The maximum absolute atomic E-state index is 12.2. The molecule has 2 rings (SSSR count). The molecule has 1 aromatic heterocycles. The van der Waals surface area contributed by atoms with Crippen LogP contribution < -0.4 is 5.32 Å². The number of thiophene rings is 1. The molecular formula is C19H27NO4S. The summed E-state index contributed by atoms with van der Waals surface area (Å²) in [5.41, 5.74) is 0. The summed E-state index contributed by atoms with van der Waals surface area (Å²) in [7, 11) is 0. The van der Waals surface area contributed by atoms with Gasteiger partial charge >= 0.3 is 5.97 Å².